The van der Waals surface area contributed by atoms with Gasteiger partial charge in [-0.1, -0.05) is 0 Å². The van der Waals surface area contributed by atoms with Crippen LogP contribution in [0.15, 0.2) is 16.3 Å². The second-order valence-electron chi connectivity index (χ2n) is 4.28. The maximum atomic E-state index is 12.0. The van der Waals surface area contributed by atoms with Crippen LogP contribution in [0.1, 0.15) is 17.7 Å². The van der Waals surface area contributed by atoms with Crippen molar-refractivity contribution in [3.63, 3.8) is 0 Å². The molecule has 2 rings (SSSR count). The molecule has 1 aromatic heterocycles. The minimum atomic E-state index is -3.49. The molecule has 0 aliphatic carbocycles. The van der Waals surface area contributed by atoms with E-state index >= 15 is 0 Å². The molecule has 1 unspecified atom stereocenters. The molecule has 7 heteroatoms. The van der Waals surface area contributed by atoms with Crippen molar-refractivity contribution in [3.05, 3.63) is 16.3 Å². The quantitative estimate of drug-likeness (QED) is 0.818. The molecule has 1 aromatic rings. The van der Waals surface area contributed by atoms with Crippen molar-refractivity contribution in [1.29, 1.82) is 0 Å². The number of aliphatic hydroxyl groups excluding tert-OH is 1. The Hall–Kier alpha value is -0.470. The summed E-state index contributed by atoms with van der Waals surface area (Å²) in [6, 6.07) is 1.53. The average molecular weight is 291 g/mol. The molecule has 2 N–H and O–H groups in total. The monoisotopic (exact) mass is 291 g/mol. The highest BCUT2D eigenvalue weighted by molar-refractivity contribution is 7.89. The molecule has 0 aromatic carbocycles. The van der Waals surface area contributed by atoms with Gasteiger partial charge in [0.05, 0.1) is 11.5 Å². The molecule has 0 radical (unpaired) electrons. The van der Waals surface area contributed by atoms with E-state index in [1.54, 1.807) is 5.38 Å². The summed E-state index contributed by atoms with van der Waals surface area (Å²) in [4.78, 5) is 0.671. The van der Waals surface area contributed by atoms with E-state index in [1.807, 2.05) is 0 Å². The van der Waals surface area contributed by atoms with Gasteiger partial charge in [-0.25, -0.2) is 13.1 Å². The fourth-order valence-electron chi connectivity index (χ4n) is 1.97. The van der Waals surface area contributed by atoms with E-state index in [0.29, 0.717) is 17.3 Å². The summed E-state index contributed by atoms with van der Waals surface area (Å²) < 4.78 is 31.8. The molecular weight excluding hydrogens is 274 g/mol. The second kappa shape index (κ2) is 6.12. The topological polar surface area (TPSA) is 75.6 Å². The molecule has 0 bridgehead atoms. The molecule has 0 spiro atoms. The van der Waals surface area contributed by atoms with Gasteiger partial charge in [0.2, 0.25) is 10.0 Å². The summed E-state index contributed by atoms with van der Waals surface area (Å²) in [7, 11) is -3.49. The summed E-state index contributed by atoms with van der Waals surface area (Å²) >= 11 is 1.25. The third-order valence-electron chi connectivity index (χ3n) is 3.01. The van der Waals surface area contributed by atoms with Gasteiger partial charge in [-0.3, -0.25) is 0 Å². The van der Waals surface area contributed by atoms with Gasteiger partial charge in [0.15, 0.2) is 0 Å². The first-order valence-electron chi connectivity index (χ1n) is 5.88. The molecule has 0 amide bonds. The fourth-order valence-corrected chi connectivity index (χ4v) is 4.31. The van der Waals surface area contributed by atoms with Gasteiger partial charge in [0.25, 0.3) is 0 Å². The number of nitrogens with one attached hydrogen (secondary N) is 1. The second-order valence-corrected chi connectivity index (χ2v) is 7.02. The lowest BCUT2D eigenvalue weighted by Crippen LogP contribution is -2.26. The number of thiophene rings is 1. The highest BCUT2D eigenvalue weighted by Gasteiger charge is 2.20. The van der Waals surface area contributed by atoms with Gasteiger partial charge in [-0.05, 0) is 30.2 Å². The molecule has 1 atom stereocenters. The van der Waals surface area contributed by atoms with Crippen LogP contribution in [0.3, 0.4) is 0 Å². The number of hydrogen-bond acceptors (Lipinski definition) is 5. The van der Waals surface area contributed by atoms with Crippen LogP contribution in [-0.4, -0.2) is 33.3 Å². The van der Waals surface area contributed by atoms with Gasteiger partial charge in [0, 0.05) is 24.6 Å². The maximum absolute atomic E-state index is 12.0. The Morgan fingerprint density at radius 2 is 2.39 bits per heavy atom. The number of hydrogen-bond donors (Lipinski definition) is 2. The van der Waals surface area contributed by atoms with Gasteiger partial charge in [-0.15, -0.1) is 11.3 Å². The summed E-state index contributed by atoms with van der Waals surface area (Å²) in [6.45, 7) is 1.67. The van der Waals surface area contributed by atoms with Crippen LogP contribution in [0.2, 0.25) is 0 Å². The Morgan fingerprint density at radius 3 is 3.06 bits per heavy atom. The van der Waals surface area contributed by atoms with Gasteiger partial charge < -0.3 is 9.84 Å². The zero-order valence-electron chi connectivity index (χ0n) is 9.96. The molecule has 18 heavy (non-hydrogen) atoms. The fraction of sp³-hybridized carbons (Fsp3) is 0.636. The van der Waals surface area contributed by atoms with E-state index in [0.717, 1.165) is 26.1 Å². The predicted molar refractivity (Wildman–Crippen MR) is 69.0 cm³/mol. The zero-order chi connectivity index (χ0) is 13.0. The Balaban J connectivity index is 1.91. The highest BCUT2D eigenvalue weighted by atomic mass is 32.2. The summed E-state index contributed by atoms with van der Waals surface area (Å²) in [5.41, 5.74) is 0. The van der Waals surface area contributed by atoms with Crippen molar-refractivity contribution < 1.29 is 18.3 Å². The molecule has 1 saturated heterocycles. The summed E-state index contributed by atoms with van der Waals surface area (Å²) in [5, 5.41) is 10.7. The number of aliphatic hydroxyl groups is 1. The molecule has 102 valence electrons. The van der Waals surface area contributed by atoms with Crippen molar-refractivity contribution in [1.82, 2.24) is 4.72 Å². The third-order valence-corrected chi connectivity index (χ3v) is 5.59. The lowest BCUT2D eigenvalue weighted by molar-refractivity contribution is 0.184. The molecular formula is C11H17NO4S2. The molecule has 1 aliphatic rings. The Kier molecular flexibility index (Phi) is 4.74. The standard InChI is InChI=1S/C11H17NO4S2/c13-7-10-11(3-6-17-10)18(14,15)12-4-1-9-2-5-16-8-9/h3,6,9,12-13H,1-2,4-5,7-8H2. The molecule has 1 fully saturated rings. The van der Waals surface area contributed by atoms with Gasteiger partial charge in [0.1, 0.15) is 0 Å². The lowest BCUT2D eigenvalue weighted by Gasteiger charge is -2.09. The number of sulfonamides is 1. The summed E-state index contributed by atoms with van der Waals surface area (Å²) in [5.74, 6) is 0.451. The van der Waals surface area contributed by atoms with E-state index in [-0.39, 0.29) is 11.5 Å². The number of ether oxygens (including phenoxy) is 1. The molecule has 2 heterocycles. The predicted octanol–water partition coefficient (Wildman–Crippen LogP) is 0.945. The first kappa shape index (κ1) is 14.0. The van der Waals surface area contributed by atoms with Crippen molar-refractivity contribution in [2.24, 2.45) is 5.92 Å². The molecule has 5 nitrogen and oxygen atoms in total. The highest BCUT2D eigenvalue weighted by Crippen LogP contribution is 2.22. The van der Waals surface area contributed by atoms with Crippen LogP contribution in [0.25, 0.3) is 0 Å². The first-order chi connectivity index (χ1) is 8.63. The molecule has 1 aliphatic heterocycles. The minimum Gasteiger partial charge on any atom is -0.391 e. The number of rotatable bonds is 6. The van der Waals surface area contributed by atoms with Crippen molar-refractivity contribution in [3.8, 4) is 0 Å². The van der Waals surface area contributed by atoms with Crippen molar-refractivity contribution in [2.45, 2.75) is 24.3 Å². The van der Waals surface area contributed by atoms with Crippen LogP contribution in [0, 0.1) is 5.92 Å². The van der Waals surface area contributed by atoms with E-state index < -0.39 is 10.0 Å². The smallest absolute Gasteiger partial charge is 0.241 e. The van der Waals surface area contributed by atoms with Gasteiger partial charge in [-0.2, -0.15) is 0 Å². The van der Waals surface area contributed by atoms with E-state index in [1.165, 1.54) is 17.4 Å². The van der Waals surface area contributed by atoms with Crippen LogP contribution in [-0.2, 0) is 21.4 Å². The Bertz CT molecular complexity index is 477. The van der Waals surface area contributed by atoms with Gasteiger partial charge >= 0.3 is 0 Å². The first-order valence-corrected chi connectivity index (χ1v) is 8.24. The minimum absolute atomic E-state index is 0.192. The van der Waals surface area contributed by atoms with Crippen molar-refractivity contribution in [2.75, 3.05) is 19.8 Å². The normalized spacial score (nSPS) is 20.4. The van der Waals surface area contributed by atoms with Crippen LogP contribution >= 0.6 is 11.3 Å². The SMILES string of the molecule is O=S(=O)(NCCC1CCOC1)c1ccsc1CO. The average Bonchev–Trinajstić information content (AvgIpc) is 2.99. The van der Waals surface area contributed by atoms with Crippen LogP contribution in [0.5, 0.6) is 0 Å². The largest absolute Gasteiger partial charge is 0.391 e. The maximum Gasteiger partial charge on any atom is 0.241 e. The van der Waals surface area contributed by atoms with E-state index in [4.69, 9.17) is 9.84 Å². The van der Waals surface area contributed by atoms with Crippen LogP contribution < -0.4 is 4.72 Å². The molecule has 0 saturated carbocycles. The van der Waals surface area contributed by atoms with Crippen LogP contribution in [0.4, 0.5) is 0 Å². The van der Waals surface area contributed by atoms with Crippen molar-refractivity contribution >= 4 is 21.4 Å². The third kappa shape index (κ3) is 3.30. The Labute approximate surface area is 111 Å². The summed E-state index contributed by atoms with van der Waals surface area (Å²) in [6.07, 6.45) is 1.79. The Morgan fingerprint density at radius 1 is 1.56 bits per heavy atom. The zero-order valence-corrected chi connectivity index (χ0v) is 11.6. The van der Waals surface area contributed by atoms with E-state index in [9.17, 15) is 8.42 Å². The van der Waals surface area contributed by atoms with E-state index in [2.05, 4.69) is 4.72 Å². The lowest BCUT2D eigenvalue weighted by atomic mass is 10.1.